The fourth-order valence-corrected chi connectivity index (χ4v) is 3.92. The Morgan fingerprint density at radius 3 is 2.74 bits per heavy atom. The first-order valence-corrected chi connectivity index (χ1v) is 9.66. The van der Waals surface area contributed by atoms with Crippen LogP contribution in [0.25, 0.3) is 10.6 Å². The highest BCUT2D eigenvalue weighted by Crippen LogP contribution is 2.20. The molecule has 0 fully saturated rings. The molecule has 4 rings (SSSR count). The maximum absolute atomic E-state index is 12.7. The summed E-state index contributed by atoms with van der Waals surface area (Å²) in [6.45, 7) is 4.57. The highest BCUT2D eigenvalue weighted by Gasteiger charge is 2.18. The van der Waals surface area contributed by atoms with Crippen LogP contribution in [0.5, 0.6) is 0 Å². The quantitative estimate of drug-likeness (QED) is 0.534. The van der Waals surface area contributed by atoms with Crippen molar-refractivity contribution in [3.8, 4) is 5.69 Å². The Bertz CT molecular complexity index is 1060. The van der Waals surface area contributed by atoms with Crippen molar-refractivity contribution in [3.05, 3.63) is 70.8 Å². The molecule has 0 spiro atoms. The second kappa shape index (κ2) is 7.00. The van der Waals surface area contributed by atoms with Crippen LogP contribution in [0.4, 0.5) is 0 Å². The van der Waals surface area contributed by atoms with E-state index in [4.69, 9.17) is 0 Å². The van der Waals surface area contributed by atoms with Gasteiger partial charge in [0, 0.05) is 42.6 Å². The minimum absolute atomic E-state index is 0.0482. The van der Waals surface area contributed by atoms with Crippen molar-refractivity contribution in [1.82, 2.24) is 24.1 Å². The minimum Gasteiger partial charge on any atom is -0.341 e. The first-order valence-electron chi connectivity index (χ1n) is 8.78. The summed E-state index contributed by atoms with van der Waals surface area (Å²) in [6.07, 6.45) is 4.17. The van der Waals surface area contributed by atoms with Crippen LogP contribution in [0.3, 0.4) is 0 Å². The summed E-state index contributed by atoms with van der Waals surface area (Å²) in [7, 11) is 1.83. The van der Waals surface area contributed by atoms with E-state index in [1.807, 2.05) is 78.1 Å². The SMILES string of the molecule is Cc1nn(-c2ccccc2)c(C)c1CN(C)C(=O)Cc1cn2ccsc2n1. The van der Waals surface area contributed by atoms with Gasteiger partial charge >= 0.3 is 0 Å². The molecule has 0 bridgehead atoms. The summed E-state index contributed by atoms with van der Waals surface area (Å²) in [5, 5.41) is 6.65. The average molecular weight is 379 g/mol. The molecule has 0 unspecified atom stereocenters. The number of likely N-dealkylation sites (N-methyl/N-ethyl adjacent to an activating group) is 1. The zero-order chi connectivity index (χ0) is 19.0. The zero-order valence-corrected chi connectivity index (χ0v) is 16.4. The van der Waals surface area contributed by atoms with Gasteiger partial charge in [-0.05, 0) is 26.0 Å². The van der Waals surface area contributed by atoms with E-state index in [2.05, 4.69) is 10.1 Å². The lowest BCUT2D eigenvalue weighted by Gasteiger charge is -2.17. The van der Waals surface area contributed by atoms with Crippen LogP contribution in [-0.4, -0.2) is 37.0 Å². The van der Waals surface area contributed by atoms with Crippen molar-refractivity contribution >= 4 is 22.2 Å². The van der Waals surface area contributed by atoms with Crippen LogP contribution in [0.15, 0.2) is 48.1 Å². The average Bonchev–Trinajstić information content (AvgIpc) is 3.32. The third kappa shape index (κ3) is 3.38. The predicted molar refractivity (Wildman–Crippen MR) is 106 cm³/mol. The number of hydrogen-bond donors (Lipinski definition) is 0. The molecule has 3 heterocycles. The number of aryl methyl sites for hydroxylation is 1. The number of amides is 1. The molecule has 3 aromatic heterocycles. The Kier molecular flexibility index (Phi) is 4.53. The molecule has 0 saturated carbocycles. The van der Waals surface area contributed by atoms with Gasteiger partial charge in [0.15, 0.2) is 4.96 Å². The lowest BCUT2D eigenvalue weighted by atomic mass is 10.1. The monoisotopic (exact) mass is 379 g/mol. The summed E-state index contributed by atoms with van der Waals surface area (Å²) >= 11 is 1.57. The molecule has 0 radical (unpaired) electrons. The normalized spacial score (nSPS) is 11.2. The van der Waals surface area contributed by atoms with Gasteiger partial charge < -0.3 is 4.90 Å². The number of imidazole rings is 1. The Morgan fingerprint density at radius 1 is 1.22 bits per heavy atom. The smallest absolute Gasteiger partial charge is 0.228 e. The third-order valence-electron chi connectivity index (χ3n) is 4.74. The van der Waals surface area contributed by atoms with Crippen LogP contribution in [0.2, 0.25) is 0 Å². The maximum atomic E-state index is 12.7. The second-order valence-electron chi connectivity index (χ2n) is 6.65. The van der Waals surface area contributed by atoms with Gasteiger partial charge in [-0.2, -0.15) is 5.10 Å². The zero-order valence-electron chi connectivity index (χ0n) is 15.6. The fraction of sp³-hybridized carbons (Fsp3) is 0.250. The summed E-state index contributed by atoms with van der Waals surface area (Å²) in [6, 6.07) is 10.0. The number of aromatic nitrogens is 4. The lowest BCUT2D eigenvalue weighted by molar-refractivity contribution is -0.129. The van der Waals surface area contributed by atoms with Crippen LogP contribution < -0.4 is 0 Å². The highest BCUT2D eigenvalue weighted by atomic mass is 32.1. The van der Waals surface area contributed by atoms with E-state index < -0.39 is 0 Å². The number of hydrogen-bond acceptors (Lipinski definition) is 4. The van der Waals surface area contributed by atoms with Crippen molar-refractivity contribution in [2.24, 2.45) is 0 Å². The van der Waals surface area contributed by atoms with E-state index in [0.29, 0.717) is 13.0 Å². The molecule has 0 saturated heterocycles. The molecular formula is C20H21N5OS. The molecule has 0 atom stereocenters. The number of fused-ring (bicyclic) bond motifs is 1. The van der Waals surface area contributed by atoms with Gasteiger partial charge in [0.25, 0.3) is 0 Å². The molecule has 27 heavy (non-hydrogen) atoms. The van der Waals surface area contributed by atoms with E-state index in [1.165, 1.54) is 0 Å². The standard InChI is InChI=1S/C20H21N5OS/c1-14-18(15(2)25(22-14)17-7-5-4-6-8-17)13-23(3)19(26)11-16-12-24-9-10-27-20(24)21-16/h4-10,12H,11,13H2,1-3H3. The van der Waals surface area contributed by atoms with Gasteiger partial charge in [0.05, 0.1) is 23.5 Å². The number of carbonyl (C=O) groups is 1. The summed E-state index contributed by atoms with van der Waals surface area (Å²) in [5.74, 6) is 0.0482. The highest BCUT2D eigenvalue weighted by molar-refractivity contribution is 7.15. The first kappa shape index (κ1) is 17.5. The Morgan fingerprint density at radius 2 is 2.00 bits per heavy atom. The Hall–Kier alpha value is -2.93. The van der Waals surface area contributed by atoms with Crippen LogP contribution in [0, 0.1) is 13.8 Å². The van der Waals surface area contributed by atoms with E-state index >= 15 is 0 Å². The number of carbonyl (C=O) groups excluding carboxylic acids is 1. The van der Waals surface area contributed by atoms with E-state index in [1.54, 1.807) is 16.2 Å². The maximum Gasteiger partial charge on any atom is 0.228 e. The van der Waals surface area contributed by atoms with Gasteiger partial charge in [0.1, 0.15) is 0 Å². The molecule has 1 aromatic carbocycles. The molecule has 6 nitrogen and oxygen atoms in total. The molecule has 4 aromatic rings. The van der Waals surface area contributed by atoms with Crippen molar-refractivity contribution in [3.63, 3.8) is 0 Å². The van der Waals surface area contributed by atoms with E-state index in [9.17, 15) is 4.79 Å². The topological polar surface area (TPSA) is 55.4 Å². The van der Waals surface area contributed by atoms with Crippen molar-refractivity contribution in [1.29, 1.82) is 0 Å². The molecule has 0 aliphatic carbocycles. The molecule has 0 aliphatic rings. The van der Waals surface area contributed by atoms with Gasteiger partial charge in [0.2, 0.25) is 5.91 Å². The predicted octanol–water partition coefficient (Wildman–Crippen LogP) is 3.40. The third-order valence-corrected chi connectivity index (χ3v) is 5.51. The molecule has 1 amide bonds. The number of para-hydroxylation sites is 1. The van der Waals surface area contributed by atoms with Crippen molar-refractivity contribution < 1.29 is 4.79 Å². The molecular weight excluding hydrogens is 358 g/mol. The Balaban J connectivity index is 1.50. The molecule has 138 valence electrons. The van der Waals surface area contributed by atoms with E-state index in [0.717, 1.165) is 33.3 Å². The van der Waals surface area contributed by atoms with Gasteiger partial charge in [-0.1, -0.05) is 18.2 Å². The number of rotatable bonds is 5. The lowest BCUT2D eigenvalue weighted by Crippen LogP contribution is -2.28. The van der Waals surface area contributed by atoms with E-state index in [-0.39, 0.29) is 5.91 Å². The summed E-state index contributed by atoms with van der Waals surface area (Å²) in [4.78, 5) is 19.8. The van der Waals surface area contributed by atoms with Crippen molar-refractivity contribution in [2.45, 2.75) is 26.8 Å². The minimum atomic E-state index is 0.0482. The summed E-state index contributed by atoms with van der Waals surface area (Å²) in [5.41, 5.74) is 4.91. The largest absolute Gasteiger partial charge is 0.341 e. The van der Waals surface area contributed by atoms with Crippen LogP contribution in [-0.2, 0) is 17.8 Å². The Labute approximate surface area is 161 Å². The van der Waals surface area contributed by atoms with Crippen molar-refractivity contribution in [2.75, 3.05) is 7.05 Å². The van der Waals surface area contributed by atoms with Crippen LogP contribution in [0.1, 0.15) is 22.6 Å². The summed E-state index contributed by atoms with van der Waals surface area (Å²) < 4.78 is 3.89. The van der Waals surface area contributed by atoms with Gasteiger partial charge in [-0.3, -0.25) is 9.20 Å². The number of nitrogens with zero attached hydrogens (tertiary/aromatic N) is 5. The first-order chi connectivity index (χ1) is 13.0. The number of benzene rings is 1. The molecule has 0 aliphatic heterocycles. The second-order valence-corrected chi connectivity index (χ2v) is 7.52. The van der Waals surface area contributed by atoms with Crippen LogP contribution >= 0.6 is 11.3 Å². The van der Waals surface area contributed by atoms with Gasteiger partial charge in [-0.25, -0.2) is 9.67 Å². The van der Waals surface area contributed by atoms with Gasteiger partial charge in [-0.15, -0.1) is 11.3 Å². The molecule has 0 N–H and O–H groups in total. The molecule has 7 heteroatoms. The fourth-order valence-electron chi connectivity index (χ4n) is 3.20. The number of thiazole rings is 1.